The van der Waals surface area contributed by atoms with Crippen LogP contribution in [0.25, 0.3) is 0 Å². The van der Waals surface area contributed by atoms with Gasteiger partial charge in [-0.05, 0) is 47.3 Å². The molecule has 17 heavy (non-hydrogen) atoms. The van der Waals surface area contributed by atoms with Crippen LogP contribution in [0.15, 0.2) is 21.6 Å². The molecule has 0 spiro atoms. The topological polar surface area (TPSA) is 38.7 Å². The van der Waals surface area contributed by atoms with E-state index in [2.05, 4.69) is 20.9 Å². The number of methoxy groups -OCH3 is 1. The second-order valence-corrected chi connectivity index (χ2v) is 4.82. The lowest BCUT2D eigenvalue weighted by atomic mass is 9.72. The summed E-state index contributed by atoms with van der Waals surface area (Å²) in [6.45, 7) is 0. The molecule has 0 saturated heterocycles. The predicted octanol–water partition coefficient (Wildman–Crippen LogP) is 3.31. The van der Waals surface area contributed by atoms with Crippen molar-refractivity contribution in [2.45, 2.75) is 24.8 Å². The molecule has 0 heterocycles. The summed E-state index contributed by atoms with van der Waals surface area (Å²) >= 11 is 3.15. The second kappa shape index (κ2) is 4.59. The van der Waals surface area contributed by atoms with Gasteiger partial charge in [-0.2, -0.15) is 4.99 Å². The maximum absolute atomic E-state index is 13.4. The Bertz CT molecular complexity index is 494. The van der Waals surface area contributed by atoms with Crippen molar-refractivity contribution in [2.75, 3.05) is 7.11 Å². The largest absolute Gasteiger partial charge is 0.495 e. The van der Waals surface area contributed by atoms with Crippen LogP contribution in [0.5, 0.6) is 5.75 Å². The van der Waals surface area contributed by atoms with Gasteiger partial charge in [0.25, 0.3) is 0 Å². The maximum Gasteiger partial charge on any atom is 0.235 e. The average molecular weight is 300 g/mol. The second-order valence-electron chi connectivity index (χ2n) is 4.03. The van der Waals surface area contributed by atoms with Gasteiger partial charge in [0.05, 0.1) is 11.6 Å². The fourth-order valence-corrected chi connectivity index (χ4v) is 2.65. The van der Waals surface area contributed by atoms with E-state index in [1.54, 1.807) is 12.1 Å². The third-order valence-corrected chi connectivity index (χ3v) is 3.93. The van der Waals surface area contributed by atoms with Gasteiger partial charge in [0.15, 0.2) is 0 Å². The third-order valence-electron chi connectivity index (χ3n) is 3.20. The molecule has 1 aliphatic rings. The van der Waals surface area contributed by atoms with Crippen LogP contribution in [0.1, 0.15) is 24.8 Å². The Morgan fingerprint density at radius 1 is 1.53 bits per heavy atom. The number of isocyanates is 1. The summed E-state index contributed by atoms with van der Waals surface area (Å²) in [6.07, 6.45) is 4.12. The van der Waals surface area contributed by atoms with E-state index in [1.165, 1.54) is 13.2 Å². The smallest absolute Gasteiger partial charge is 0.235 e. The zero-order chi connectivity index (χ0) is 12.5. The van der Waals surface area contributed by atoms with Gasteiger partial charge in [0.1, 0.15) is 17.1 Å². The van der Waals surface area contributed by atoms with Crippen molar-refractivity contribution in [3.63, 3.8) is 0 Å². The number of rotatable bonds is 3. The minimum absolute atomic E-state index is 0.268. The van der Waals surface area contributed by atoms with Crippen molar-refractivity contribution in [3.8, 4) is 5.75 Å². The molecule has 0 N–H and O–H groups in total. The summed E-state index contributed by atoms with van der Waals surface area (Å²) in [5.41, 5.74) is 0.159. The van der Waals surface area contributed by atoms with Crippen LogP contribution < -0.4 is 4.74 Å². The lowest BCUT2D eigenvalue weighted by molar-refractivity contribution is 0.245. The molecule has 0 aliphatic heterocycles. The molecule has 0 bridgehead atoms. The zero-order valence-electron chi connectivity index (χ0n) is 9.30. The first kappa shape index (κ1) is 12.3. The molecule has 0 aromatic heterocycles. The number of nitrogens with zero attached hydrogens (tertiary/aromatic N) is 1. The summed E-state index contributed by atoms with van der Waals surface area (Å²) in [5, 5.41) is 0. The van der Waals surface area contributed by atoms with E-state index >= 15 is 0 Å². The number of ether oxygens (including phenoxy) is 1. The highest BCUT2D eigenvalue weighted by atomic mass is 79.9. The lowest BCUT2D eigenvalue weighted by Crippen LogP contribution is -2.32. The Labute approximate surface area is 107 Å². The van der Waals surface area contributed by atoms with Crippen molar-refractivity contribution >= 4 is 22.0 Å². The molecule has 1 saturated carbocycles. The van der Waals surface area contributed by atoms with E-state index in [0.717, 1.165) is 24.8 Å². The highest BCUT2D eigenvalue weighted by Gasteiger charge is 2.41. The van der Waals surface area contributed by atoms with Gasteiger partial charge < -0.3 is 4.74 Å². The number of hydrogen-bond donors (Lipinski definition) is 0. The number of hydrogen-bond acceptors (Lipinski definition) is 3. The molecule has 0 unspecified atom stereocenters. The first-order valence-corrected chi connectivity index (χ1v) is 6.05. The molecule has 90 valence electrons. The van der Waals surface area contributed by atoms with Crippen LogP contribution in [-0.2, 0) is 10.3 Å². The van der Waals surface area contributed by atoms with Crippen molar-refractivity contribution in [2.24, 2.45) is 4.99 Å². The molecule has 1 aromatic carbocycles. The number of aliphatic imine (C=N–C) groups is 1. The third kappa shape index (κ3) is 1.90. The number of carbonyl (C=O) groups excluding carboxylic acids is 1. The Kier molecular flexibility index (Phi) is 3.31. The minimum atomic E-state index is -0.580. The first-order valence-electron chi connectivity index (χ1n) is 5.26. The summed E-state index contributed by atoms with van der Waals surface area (Å²) in [5.74, 6) is 0.0128. The number of halogens is 2. The highest BCUT2D eigenvalue weighted by Crippen LogP contribution is 2.49. The number of benzene rings is 1. The van der Waals surface area contributed by atoms with Crippen molar-refractivity contribution in [1.82, 2.24) is 0 Å². The van der Waals surface area contributed by atoms with Gasteiger partial charge >= 0.3 is 0 Å². The zero-order valence-corrected chi connectivity index (χ0v) is 10.9. The molecule has 1 fully saturated rings. The van der Waals surface area contributed by atoms with Crippen LogP contribution >= 0.6 is 15.9 Å². The molecule has 0 atom stereocenters. The normalized spacial score (nSPS) is 16.9. The standard InChI is InChI=1S/C12H11BrFNO2/c1-17-11-8(3-4-9(14)10(11)13)12(15-7-16)5-2-6-12/h3-4H,2,5-6H2,1H3. The maximum atomic E-state index is 13.4. The Balaban J connectivity index is 2.58. The fraction of sp³-hybridized carbons (Fsp3) is 0.417. The Hall–Kier alpha value is -1.19. The monoisotopic (exact) mass is 299 g/mol. The van der Waals surface area contributed by atoms with Crippen molar-refractivity contribution < 1.29 is 13.9 Å². The van der Waals surface area contributed by atoms with E-state index in [0.29, 0.717) is 5.75 Å². The molecule has 1 aromatic rings. The Morgan fingerprint density at radius 3 is 2.71 bits per heavy atom. The van der Waals surface area contributed by atoms with Gasteiger partial charge in [-0.3, -0.25) is 0 Å². The highest BCUT2D eigenvalue weighted by molar-refractivity contribution is 9.10. The van der Waals surface area contributed by atoms with E-state index < -0.39 is 11.4 Å². The summed E-state index contributed by atoms with van der Waals surface area (Å²) in [4.78, 5) is 14.4. The van der Waals surface area contributed by atoms with Crippen molar-refractivity contribution in [1.29, 1.82) is 0 Å². The van der Waals surface area contributed by atoms with Gasteiger partial charge in [-0.1, -0.05) is 0 Å². The summed E-state index contributed by atoms with van der Waals surface area (Å²) < 4.78 is 18.9. The molecule has 5 heteroatoms. The fourth-order valence-electron chi connectivity index (χ4n) is 2.14. The van der Waals surface area contributed by atoms with E-state index in [9.17, 15) is 9.18 Å². The minimum Gasteiger partial charge on any atom is -0.495 e. The molecule has 0 radical (unpaired) electrons. The van der Waals surface area contributed by atoms with E-state index in [4.69, 9.17) is 4.74 Å². The lowest BCUT2D eigenvalue weighted by Gasteiger charge is -2.38. The molecule has 1 aliphatic carbocycles. The van der Waals surface area contributed by atoms with Crippen molar-refractivity contribution in [3.05, 3.63) is 28.0 Å². The van der Waals surface area contributed by atoms with E-state index in [1.807, 2.05) is 0 Å². The van der Waals surface area contributed by atoms with Crippen LogP contribution in [-0.4, -0.2) is 13.2 Å². The van der Waals surface area contributed by atoms with Gasteiger partial charge in [-0.15, -0.1) is 0 Å². The first-order chi connectivity index (χ1) is 8.14. The van der Waals surface area contributed by atoms with Gasteiger partial charge in [0.2, 0.25) is 6.08 Å². The Morgan fingerprint density at radius 2 is 2.24 bits per heavy atom. The van der Waals surface area contributed by atoms with Crippen LogP contribution in [0, 0.1) is 5.82 Å². The predicted molar refractivity (Wildman–Crippen MR) is 64.3 cm³/mol. The summed E-state index contributed by atoms with van der Waals surface area (Å²) in [7, 11) is 1.47. The molecule has 0 amide bonds. The molecule has 2 rings (SSSR count). The van der Waals surface area contributed by atoms with E-state index in [-0.39, 0.29) is 4.47 Å². The van der Waals surface area contributed by atoms with Crippen LogP contribution in [0.2, 0.25) is 0 Å². The molecular weight excluding hydrogens is 289 g/mol. The SMILES string of the molecule is COc1c(C2(N=C=O)CCC2)ccc(F)c1Br. The van der Waals surface area contributed by atoms with Gasteiger partial charge in [-0.25, -0.2) is 9.18 Å². The van der Waals surface area contributed by atoms with Crippen LogP contribution in [0.3, 0.4) is 0 Å². The molecule has 3 nitrogen and oxygen atoms in total. The summed E-state index contributed by atoms with van der Waals surface area (Å²) in [6, 6.07) is 2.97. The van der Waals surface area contributed by atoms with Gasteiger partial charge in [0, 0.05) is 5.56 Å². The van der Waals surface area contributed by atoms with Crippen LogP contribution in [0.4, 0.5) is 4.39 Å². The molecular formula is C12H11BrFNO2. The average Bonchev–Trinajstić information content (AvgIpc) is 2.27. The quantitative estimate of drug-likeness (QED) is 0.634.